The third-order valence-electron chi connectivity index (χ3n) is 3.81. The van der Waals surface area contributed by atoms with E-state index >= 15 is 0 Å². The molecule has 0 fully saturated rings. The van der Waals surface area contributed by atoms with Gasteiger partial charge in [0.25, 0.3) is 11.6 Å². The number of amides is 1. The van der Waals surface area contributed by atoms with Gasteiger partial charge in [-0.25, -0.2) is 0 Å². The molecule has 3 rings (SSSR count). The lowest BCUT2D eigenvalue weighted by atomic mass is 10.1. The fourth-order valence-corrected chi connectivity index (χ4v) is 2.95. The molecule has 0 atom stereocenters. The van der Waals surface area contributed by atoms with Gasteiger partial charge in [-0.05, 0) is 42.3 Å². The Morgan fingerprint density at radius 3 is 2.64 bits per heavy atom. The number of hydrogen-bond donors (Lipinski definition) is 2. The molecule has 25 heavy (non-hydrogen) atoms. The molecule has 0 spiro atoms. The van der Waals surface area contributed by atoms with Crippen molar-refractivity contribution in [2.45, 2.75) is 6.42 Å². The van der Waals surface area contributed by atoms with Crippen LogP contribution in [0.25, 0.3) is 10.9 Å². The summed E-state index contributed by atoms with van der Waals surface area (Å²) in [6.07, 6.45) is 2.42. The lowest BCUT2D eigenvalue weighted by Gasteiger charge is -2.06. The minimum atomic E-state index is -0.623. The average molecular weight is 378 g/mol. The van der Waals surface area contributed by atoms with Crippen LogP contribution in [0.1, 0.15) is 15.9 Å². The highest BCUT2D eigenvalue weighted by Crippen LogP contribution is 2.24. The summed E-state index contributed by atoms with van der Waals surface area (Å²) >= 11 is 11.8. The van der Waals surface area contributed by atoms with Crippen molar-refractivity contribution in [2.24, 2.45) is 0 Å². The number of nitrogens with zero attached hydrogens (tertiary/aromatic N) is 1. The van der Waals surface area contributed by atoms with Gasteiger partial charge in [-0.2, -0.15) is 0 Å². The first-order valence-electron chi connectivity index (χ1n) is 7.43. The average Bonchev–Trinajstić information content (AvgIpc) is 2.97. The molecule has 1 amide bonds. The van der Waals surface area contributed by atoms with E-state index in [0.717, 1.165) is 22.5 Å². The van der Waals surface area contributed by atoms with Gasteiger partial charge in [0.2, 0.25) is 0 Å². The van der Waals surface area contributed by atoms with Crippen molar-refractivity contribution in [3.05, 3.63) is 73.9 Å². The molecule has 3 aromatic rings. The minimum absolute atomic E-state index is 0.0172. The predicted octanol–water partition coefficient (Wildman–Crippen LogP) is 4.36. The molecule has 2 N–H and O–H groups in total. The van der Waals surface area contributed by atoms with Crippen molar-refractivity contribution in [1.82, 2.24) is 10.3 Å². The standard InChI is InChI=1S/C17H13Cl2N3O3/c18-11-2-4-15-14(7-11)10(9-21-15)5-6-20-17(23)13-3-1-12(19)8-16(13)22(24)25/h1-4,7-9,21H,5-6H2,(H,20,23). The number of nitro groups is 1. The zero-order valence-corrected chi connectivity index (χ0v) is 14.4. The van der Waals surface area contributed by atoms with E-state index in [1.54, 1.807) is 6.07 Å². The number of H-pyrrole nitrogens is 1. The highest BCUT2D eigenvalue weighted by molar-refractivity contribution is 6.31. The molecule has 0 bridgehead atoms. The van der Waals surface area contributed by atoms with E-state index in [9.17, 15) is 14.9 Å². The van der Waals surface area contributed by atoms with Crippen LogP contribution in [0.5, 0.6) is 0 Å². The summed E-state index contributed by atoms with van der Waals surface area (Å²) < 4.78 is 0. The van der Waals surface area contributed by atoms with Crippen LogP contribution in [0, 0.1) is 10.1 Å². The van der Waals surface area contributed by atoms with Crippen LogP contribution in [0.4, 0.5) is 5.69 Å². The third-order valence-corrected chi connectivity index (χ3v) is 4.28. The molecule has 0 saturated carbocycles. The SMILES string of the molecule is O=C(NCCc1c[nH]c2ccc(Cl)cc12)c1ccc(Cl)cc1[N+](=O)[O-]. The maximum atomic E-state index is 12.2. The smallest absolute Gasteiger partial charge is 0.283 e. The summed E-state index contributed by atoms with van der Waals surface area (Å²) in [5, 5.41) is 15.6. The molecule has 0 aliphatic heterocycles. The molecule has 0 radical (unpaired) electrons. The summed E-state index contributed by atoms with van der Waals surface area (Å²) in [6.45, 7) is 0.331. The van der Waals surface area contributed by atoms with Crippen LogP contribution >= 0.6 is 23.2 Å². The van der Waals surface area contributed by atoms with Crippen molar-refractivity contribution in [3.63, 3.8) is 0 Å². The fourth-order valence-electron chi connectivity index (χ4n) is 2.61. The molecule has 2 aromatic carbocycles. The Morgan fingerprint density at radius 1 is 1.16 bits per heavy atom. The Bertz CT molecular complexity index is 969. The van der Waals surface area contributed by atoms with Gasteiger partial charge in [0.15, 0.2) is 0 Å². The Hall–Kier alpha value is -2.57. The van der Waals surface area contributed by atoms with Gasteiger partial charge in [-0.3, -0.25) is 14.9 Å². The van der Waals surface area contributed by atoms with E-state index in [0.29, 0.717) is 18.0 Å². The van der Waals surface area contributed by atoms with E-state index in [4.69, 9.17) is 23.2 Å². The monoisotopic (exact) mass is 377 g/mol. The van der Waals surface area contributed by atoms with Gasteiger partial charge in [0.05, 0.1) is 4.92 Å². The van der Waals surface area contributed by atoms with Gasteiger partial charge in [0.1, 0.15) is 5.56 Å². The van der Waals surface area contributed by atoms with Crippen molar-refractivity contribution in [3.8, 4) is 0 Å². The fraction of sp³-hybridized carbons (Fsp3) is 0.118. The molecule has 1 heterocycles. The summed E-state index contributed by atoms with van der Waals surface area (Å²) in [6, 6.07) is 9.50. The number of rotatable bonds is 5. The molecule has 0 unspecified atom stereocenters. The van der Waals surface area contributed by atoms with Crippen molar-refractivity contribution < 1.29 is 9.72 Å². The molecule has 8 heteroatoms. The van der Waals surface area contributed by atoms with Gasteiger partial charge in [0, 0.05) is 39.8 Å². The molecular weight excluding hydrogens is 365 g/mol. The quantitative estimate of drug-likeness (QED) is 0.511. The van der Waals surface area contributed by atoms with E-state index < -0.39 is 10.8 Å². The van der Waals surface area contributed by atoms with Gasteiger partial charge in [-0.1, -0.05) is 23.2 Å². The van der Waals surface area contributed by atoms with Crippen molar-refractivity contribution in [1.29, 1.82) is 0 Å². The number of nitro benzene ring substituents is 1. The number of nitrogens with one attached hydrogen (secondary N) is 2. The van der Waals surface area contributed by atoms with Crippen molar-refractivity contribution >= 4 is 45.7 Å². The summed E-state index contributed by atoms with van der Waals surface area (Å²) in [5.41, 5.74) is 1.63. The number of aromatic amines is 1. The topological polar surface area (TPSA) is 88.0 Å². The van der Waals surface area contributed by atoms with Gasteiger partial charge >= 0.3 is 0 Å². The Balaban J connectivity index is 1.70. The van der Waals surface area contributed by atoms with Crippen LogP contribution in [0.3, 0.4) is 0 Å². The van der Waals surface area contributed by atoms with Crippen LogP contribution in [-0.4, -0.2) is 22.4 Å². The minimum Gasteiger partial charge on any atom is -0.361 e. The predicted molar refractivity (Wildman–Crippen MR) is 97.5 cm³/mol. The largest absolute Gasteiger partial charge is 0.361 e. The number of halogens is 2. The molecule has 6 nitrogen and oxygen atoms in total. The van der Waals surface area contributed by atoms with Crippen molar-refractivity contribution in [2.75, 3.05) is 6.54 Å². The van der Waals surface area contributed by atoms with E-state index in [1.807, 2.05) is 18.3 Å². The maximum absolute atomic E-state index is 12.2. The second-order valence-corrected chi connectivity index (χ2v) is 6.30. The third kappa shape index (κ3) is 3.75. The van der Waals surface area contributed by atoms with E-state index in [-0.39, 0.29) is 16.3 Å². The Kier molecular flexibility index (Phi) is 4.92. The number of benzene rings is 2. The zero-order chi connectivity index (χ0) is 18.0. The lowest BCUT2D eigenvalue weighted by molar-refractivity contribution is -0.385. The number of hydrogen-bond acceptors (Lipinski definition) is 3. The first-order chi connectivity index (χ1) is 12.0. The summed E-state index contributed by atoms with van der Waals surface area (Å²) in [5.74, 6) is -0.513. The maximum Gasteiger partial charge on any atom is 0.283 e. The van der Waals surface area contributed by atoms with Crippen LogP contribution in [0.2, 0.25) is 10.0 Å². The first kappa shape index (κ1) is 17.3. The molecule has 1 aromatic heterocycles. The molecule has 128 valence electrons. The van der Waals surface area contributed by atoms with Gasteiger partial charge in [-0.15, -0.1) is 0 Å². The number of carbonyl (C=O) groups is 1. The molecule has 0 saturated heterocycles. The zero-order valence-electron chi connectivity index (χ0n) is 12.9. The Morgan fingerprint density at radius 2 is 1.88 bits per heavy atom. The van der Waals surface area contributed by atoms with Gasteiger partial charge < -0.3 is 10.3 Å². The number of carbonyl (C=O) groups excluding carboxylic acids is 1. The molecular formula is C17H13Cl2N3O3. The number of aromatic nitrogens is 1. The molecule has 0 aliphatic rings. The van der Waals surface area contributed by atoms with E-state index in [1.165, 1.54) is 12.1 Å². The lowest BCUT2D eigenvalue weighted by Crippen LogP contribution is -2.26. The second kappa shape index (κ2) is 7.13. The van der Waals surface area contributed by atoms with Crippen LogP contribution < -0.4 is 5.32 Å². The number of fused-ring (bicyclic) bond motifs is 1. The van der Waals surface area contributed by atoms with Crippen LogP contribution in [0.15, 0.2) is 42.6 Å². The summed E-state index contributed by atoms with van der Waals surface area (Å²) in [4.78, 5) is 25.8. The normalized spacial score (nSPS) is 10.8. The van der Waals surface area contributed by atoms with E-state index in [2.05, 4.69) is 10.3 Å². The first-order valence-corrected chi connectivity index (χ1v) is 8.19. The second-order valence-electron chi connectivity index (χ2n) is 5.43. The Labute approximate surface area is 152 Å². The highest BCUT2D eigenvalue weighted by Gasteiger charge is 2.20. The summed E-state index contributed by atoms with van der Waals surface area (Å²) in [7, 11) is 0. The van der Waals surface area contributed by atoms with Crippen LogP contribution in [-0.2, 0) is 6.42 Å². The molecule has 0 aliphatic carbocycles. The highest BCUT2D eigenvalue weighted by atomic mass is 35.5.